The van der Waals surface area contributed by atoms with E-state index in [0.29, 0.717) is 11.5 Å². The van der Waals surface area contributed by atoms with Crippen molar-refractivity contribution in [3.63, 3.8) is 0 Å². The zero-order chi connectivity index (χ0) is 16.5. The fraction of sp³-hybridized carbons (Fsp3) is 0.0526. The molecule has 3 rings (SSSR count). The van der Waals surface area contributed by atoms with E-state index >= 15 is 0 Å². The Hall–Kier alpha value is -1.91. The Balaban J connectivity index is 0.000000203. The maximum Gasteiger partial charge on any atom is 0.116 e. The van der Waals surface area contributed by atoms with Crippen molar-refractivity contribution >= 4 is 27.7 Å². The fourth-order valence-electron chi connectivity index (χ4n) is 1.79. The summed E-state index contributed by atoms with van der Waals surface area (Å²) in [4.78, 5) is 1.10. The third-order valence-electron chi connectivity index (χ3n) is 2.87. The molecule has 0 spiro atoms. The van der Waals surface area contributed by atoms with Gasteiger partial charge >= 0.3 is 0 Å². The van der Waals surface area contributed by atoms with Gasteiger partial charge in [-0.25, -0.2) is 0 Å². The standard InChI is InChI=1S/C13H12OS.C6H5BrO/c14-12-7-4-8-13(9-12)15-10-11-5-2-1-3-6-11;7-5-2-1-3-6(8)4-5/h1-9,14H,10H2;1-4,8H. The number of halogens is 1. The summed E-state index contributed by atoms with van der Waals surface area (Å²) in [6.07, 6.45) is 0. The van der Waals surface area contributed by atoms with Crippen molar-refractivity contribution in [1.82, 2.24) is 0 Å². The van der Waals surface area contributed by atoms with E-state index in [2.05, 4.69) is 28.1 Å². The van der Waals surface area contributed by atoms with Gasteiger partial charge < -0.3 is 10.2 Å². The second-order valence-electron chi connectivity index (χ2n) is 4.75. The zero-order valence-corrected chi connectivity index (χ0v) is 14.8. The molecular weight excluding hydrogens is 372 g/mol. The highest BCUT2D eigenvalue weighted by Crippen LogP contribution is 2.25. The van der Waals surface area contributed by atoms with Crippen LogP contribution >= 0.6 is 27.7 Å². The van der Waals surface area contributed by atoms with Gasteiger partial charge in [0.1, 0.15) is 11.5 Å². The van der Waals surface area contributed by atoms with Crippen LogP contribution in [-0.2, 0) is 5.75 Å². The van der Waals surface area contributed by atoms with Crippen molar-refractivity contribution < 1.29 is 10.2 Å². The van der Waals surface area contributed by atoms with E-state index in [4.69, 9.17) is 5.11 Å². The van der Waals surface area contributed by atoms with Gasteiger partial charge in [-0.3, -0.25) is 0 Å². The second kappa shape index (κ2) is 9.28. The lowest BCUT2D eigenvalue weighted by Gasteiger charge is -2.02. The van der Waals surface area contributed by atoms with Crippen LogP contribution in [0.15, 0.2) is 88.2 Å². The van der Waals surface area contributed by atoms with Crippen LogP contribution in [0.5, 0.6) is 11.5 Å². The molecule has 0 aliphatic rings. The molecule has 0 heterocycles. The molecule has 0 fully saturated rings. The summed E-state index contributed by atoms with van der Waals surface area (Å²) in [5.74, 6) is 1.55. The number of thioether (sulfide) groups is 1. The Labute approximate surface area is 148 Å². The van der Waals surface area contributed by atoms with E-state index in [1.165, 1.54) is 5.56 Å². The smallest absolute Gasteiger partial charge is 0.116 e. The van der Waals surface area contributed by atoms with Crippen LogP contribution in [0, 0.1) is 0 Å². The molecule has 0 aromatic heterocycles. The molecule has 0 amide bonds. The van der Waals surface area contributed by atoms with E-state index in [-0.39, 0.29) is 0 Å². The van der Waals surface area contributed by atoms with Gasteiger partial charge in [0.2, 0.25) is 0 Å². The molecule has 118 valence electrons. The minimum atomic E-state index is 0.291. The highest BCUT2D eigenvalue weighted by molar-refractivity contribution is 9.10. The van der Waals surface area contributed by atoms with Crippen molar-refractivity contribution in [2.75, 3.05) is 0 Å². The lowest BCUT2D eigenvalue weighted by atomic mass is 10.2. The maximum atomic E-state index is 9.30. The minimum Gasteiger partial charge on any atom is -0.508 e. The summed E-state index contributed by atoms with van der Waals surface area (Å²) in [5.41, 5.74) is 1.30. The first-order valence-electron chi connectivity index (χ1n) is 7.04. The molecule has 0 radical (unpaired) electrons. The fourth-order valence-corrected chi connectivity index (χ4v) is 3.08. The van der Waals surface area contributed by atoms with Crippen LogP contribution in [0.25, 0.3) is 0 Å². The van der Waals surface area contributed by atoms with E-state index in [1.807, 2.05) is 36.4 Å². The molecule has 3 aromatic carbocycles. The summed E-state index contributed by atoms with van der Waals surface area (Å²) in [5, 5.41) is 18.1. The predicted octanol–water partition coefficient (Wildman–Crippen LogP) is 5.84. The third kappa shape index (κ3) is 6.80. The number of hydrogen-bond donors (Lipinski definition) is 2. The molecule has 3 aromatic rings. The van der Waals surface area contributed by atoms with Gasteiger partial charge in [0, 0.05) is 15.1 Å². The highest BCUT2D eigenvalue weighted by Gasteiger charge is 1.96. The Morgan fingerprint density at radius 3 is 1.96 bits per heavy atom. The quantitative estimate of drug-likeness (QED) is 0.553. The van der Waals surface area contributed by atoms with E-state index in [1.54, 1.807) is 42.1 Å². The van der Waals surface area contributed by atoms with E-state index in [9.17, 15) is 5.11 Å². The molecule has 0 unspecified atom stereocenters. The van der Waals surface area contributed by atoms with Gasteiger partial charge in [-0.15, -0.1) is 11.8 Å². The first kappa shape index (κ1) is 17.4. The lowest BCUT2D eigenvalue weighted by Crippen LogP contribution is -1.78. The lowest BCUT2D eigenvalue weighted by molar-refractivity contribution is 0.473. The van der Waals surface area contributed by atoms with E-state index in [0.717, 1.165) is 15.1 Å². The maximum absolute atomic E-state index is 9.30. The molecule has 0 saturated carbocycles. The van der Waals surface area contributed by atoms with Crippen LogP contribution < -0.4 is 0 Å². The van der Waals surface area contributed by atoms with Crippen LogP contribution in [0.1, 0.15) is 5.56 Å². The summed E-state index contributed by atoms with van der Waals surface area (Å²) in [6.45, 7) is 0. The first-order valence-corrected chi connectivity index (χ1v) is 8.81. The molecule has 23 heavy (non-hydrogen) atoms. The Kier molecular flexibility index (Phi) is 7.04. The Morgan fingerprint density at radius 1 is 0.739 bits per heavy atom. The number of rotatable bonds is 3. The predicted molar refractivity (Wildman–Crippen MR) is 99.9 cm³/mol. The van der Waals surface area contributed by atoms with Gasteiger partial charge in [-0.2, -0.15) is 0 Å². The average Bonchev–Trinajstić information content (AvgIpc) is 2.54. The molecule has 0 bridgehead atoms. The Morgan fingerprint density at radius 2 is 1.39 bits per heavy atom. The van der Waals surface area contributed by atoms with Gasteiger partial charge in [0.25, 0.3) is 0 Å². The molecule has 2 nitrogen and oxygen atoms in total. The number of hydrogen-bond acceptors (Lipinski definition) is 3. The molecule has 0 saturated heterocycles. The van der Waals surface area contributed by atoms with Crippen molar-refractivity contribution in [3.8, 4) is 11.5 Å². The number of phenols is 2. The number of benzene rings is 3. The van der Waals surface area contributed by atoms with Crippen LogP contribution in [0.2, 0.25) is 0 Å². The number of aromatic hydroxyl groups is 2. The zero-order valence-electron chi connectivity index (χ0n) is 12.4. The van der Waals surface area contributed by atoms with Crippen LogP contribution in [0.4, 0.5) is 0 Å². The van der Waals surface area contributed by atoms with Crippen molar-refractivity contribution in [1.29, 1.82) is 0 Å². The summed E-state index contributed by atoms with van der Waals surface area (Å²) in [6, 6.07) is 24.6. The summed E-state index contributed by atoms with van der Waals surface area (Å²) < 4.78 is 0.900. The van der Waals surface area contributed by atoms with Crippen LogP contribution in [-0.4, -0.2) is 10.2 Å². The van der Waals surface area contributed by atoms with Gasteiger partial charge in [-0.1, -0.05) is 58.4 Å². The average molecular weight is 389 g/mol. The van der Waals surface area contributed by atoms with Crippen molar-refractivity contribution in [3.05, 3.63) is 88.9 Å². The largest absolute Gasteiger partial charge is 0.508 e. The molecule has 0 atom stereocenters. The highest BCUT2D eigenvalue weighted by atomic mass is 79.9. The molecule has 0 aliphatic carbocycles. The molecule has 0 aliphatic heterocycles. The molecule has 2 N–H and O–H groups in total. The molecule has 4 heteroatoms. The molecular formula is C19H17BrO2S. The van der Waals surface area contributed by atoms with E-state index < -0.39 is 0 Å². The van der Waals surface area contributed by atoms with Crippen molar-refractivity contribution in [2.24, 2.45) is 0 Å². The van der Waals surface area contributed by atoms with Gasteiger partial charge in [0.15, 0.2) is 0 Å². The monoisotopic (exact) mass is 388 g/mol. The normalized spacial score (nSPS) is 9.78. The van der Waals surface area contributed by atoms with Crippen LogP contribution in [0.3, 0.4) is 0 Å². The van der Waals surface area contributed by atoms with Gasteiger partial charge in [0.05, 0.1) is 0 Å². The second-order valence-corrected chi connectivity index (χ2v) is 6.72. The minimum absolute atomic E-state index is 0.291. The SMILES string of the molecule is Oc1cccc(Br)c1.Oc1cccc(SCc2ccccc2)c1. The first-order chi connectivity index (χ1) is 11.1. The Bertz CT molecular complexity index is 715. The van der Waals surface area contributed by atoms with Crippen molar-refractivity contribution in [2.45, 2.75) is 10.6 Å². The number of phenolic OH excluding ortho intramolecular Hbond substituents is 2. The third-order valence-corrected chi connectivity index (χ3v) is 4.43. The summed E-state index contributed by atoms with van der Waals surface area (Å²) >= 11 is 4.93. The van der Waals surface area contributed by atoms with Gasteiger partial charge in [-0.05, 0) is 42.0 Å². The topological polar surface area (TPSA) is 40.5 Å². The summed E-state index contributed by atoms with van der Waals surface area (Å²) in [7, 11) is 0.